The van der Waals surface area contributed by atoms with E-state index in [4.69, 9.17) is 16.6 Å². The van der Waals surface area contributed by atoms with Crippen molar-refractivity contribution in [2.45, 2.75) is 0 Å². The first-order chi connectivity index (χ1) is 10.2. The molecule has 6 heteroatoms. The minimum atomic E-state index is -0.707. The lowest BCUT2D eigenvalue weighted by Gasteiger charge is -2.09. The Morgan fingerprint density at radius 2 is 1.95 bits per heavy atom. The normalized spacial score (nSPS) is 10.5. The van der Waals surface area contributed by atoms with Gasteiger partial charge in [-0.3, -0.25) is 0 Å². The van der Waals surface area contributed by atoms with Crippen LogP contribution in [-0.2, 0) is 0 Å². The lowest BCUT2D eigenvalue weighted by atomic mass is 10.2. The zero-order chi connectivity index (χ0) is 14.8. The Bertz CT molecular complexity index is 875. The second-order valence-corrected chi connectivity index (χ2v) is 4.69. The highest BCUT2D eigenvalue weighted by Gasteiger charge is 2.18. The van der Waals surface area contributed by atoms with E-state index in [0.29, 0.717) is 5.69 Å². The molecule has 0 aliphatic carbocycles. The summed E-state index contributed by atoms with van der Waals surface area (Å²) in [5.74, 6) is -0.282. The number of nitrogens with zero attached hydrogens (tertiary/aromatic N) is 1. The van der Waals surface area contributed by atoms with Crippen molar-refractivity contribution in [2.24, 2.45) is 0 Å². The number of rotatable bonds is 2. The number of fused-ring (bicyclic) bond motifs is 1. The Hall–Kier alpha value is -2.73. The van der Waals surface area contributed by atoms with Gasteiger partial charge in [-0.2, -0.15) is 0 Å². The maximum absolute atomic E-state index is 12.0. The first-order valence-corrected chi connectivity index (χ1v) is 6.55. The molecule has 21 heavy (non-hydrogen) atoms. The molecule has 0 bridgehead atoms. The van der Waals surface area contributed by atoms with E-state index in [2.05, 4.69) is 10.3 Å². The molecule has 5 nitrogen and oxygen atoms in total. The van der Waals surface area contributed by atoms with Crippen molar-refractivity contribution in [1.29, 1.82) is 0 Å². The monoisotopic (exact) mass is 298 g/mol. The van der Waals surface area contributed by atoms with Crippen molar-refractivity contribution in [3.63, 3.8) is 0 Å². The third-order valence-electron chi connectivity index (χ3n) is 2.90. The molecule has 3 aromatic rings. The van der Waals surface area contributed by atoms with Crippen LogP contribution >= 0.6 is 12.2 Å². The van der Waals surface area contributed by atoms with Gasteiger partial charge in [0.1, 0.15) is 16.1 Å². The van der Waals surface area contributed by atoms with E-state index in [1.54, 1.807) is 24.3 Å². The Morgan fingerprint density at radius 1 is 1.19 bits per heavy atom. The fraction of sp³-hybridized carbons (Fsp3) is 0. The topological polar surface area (TPSA) is 75.4 Å². The van der Waals surface area contributed by atoms with Crippen LogP contribution in [0.25, 0.3) is 11.1 Å². The van der Waals surface area contributed by atoms with E-state index < -0.39 is 5.63 Å². The zero-order valence-corrected chi connectivity index (χ0v) is 11.6. The van der Waals surface area contributed by atoms with Crippen molar-refractivity contribution in [2.75, 3.05) is 5.32 Å². The highest BCUT2D eigenvalue weighted by atomic mass is 32.1. The van der Waals surface area contributed by atoms with Crippen molar-refractivity contribution < 1.29 is 9.52 Å². The van der Waals surface area contributed by atoms with Gasteiger partial charge in [0.15, 0.2) is 11.3 Å². The van der Waals surface area contributed by atoms with Gasteiger partial charge in [-0.05, 0) is 24.3 Å². The van der Waals surface area contributed by atoms with Crippen LogP contribution in [0.3, 0.4) is 0 Å². The fourth-order valence-corrected chi connectivity index (χ4v) is 2.23. The predicted octanol–water partition coefficient (Wildman–Crippen LogP) is 2.68. The van der Waals surface area contributed by atoms with E-state index in [-0.39, 0.29) is 27.4 Å². The van der Waals surface area contributed by atoms with Crippen LogP contribution in [0.1, 0.15) is 5.56 Å². The Labute approximate surface area is 124 Å². The van der Waals surface area contributed by atoms with Crippen molar-refractivity contribution >= 4 is 34.0 Å². The number of nitrogens with one attached hydrogen (secondary N) is 1. The van der Waals surface area contributed by atoms with Gasteiger partial charge in [-0.15, -0.1) is 0 Å². The molecule has 0 atom stereocenters. The number of anilines is 1. The summed E-state index contributed by atoms with van der Waals surface area (Å²) >= 11 is 5.18. The summed E-state index contributed by atoms with van der Waals surface area (Å²) in [5, 5.41) is 13.1. The molecule has 0 saturated heterocycles. The van der Waals surface area contributed by atoms with E-state index in [1.807, 2.05) is 18.2 Å². The molecule has 0 aliphatic heterocycles. The van der Waals surface area contributed by atoms with E-state index in [0.717, 1.165) is 0 Å². The number of hydrogen-bond donors (Lipinski definition) is 2. The molecule has 0 saturated carbocycles. The van der Waals surface area contributed by atoms with Crippen LogP contribution in [0.4, 0.5) is 5.69 Å². The quantitative estimate of drug-likeness (QED) is 0.708. The van der Waals surface area contributed by atoms with E-state index in [9.17, 15) is 9.90 Å². The average Bonchev–Trinajstić information content (AvgIpc) is 2.48. The van der Waals surface area contributed by atoms with Gasteiger partial charge in [-0.25, -0.2) is 9.78 Å². The summed E-state index contributed by atoms with van der Waals surface area (Å²) < 4.78 is 5.13. The summed E-state index contributed by atoms with van der Waals surface area (Å²) in [6, 6.07) is 12.3. The fourth-order valence-electron chi connectivity index (χ4n) is 1.93. The molecule has 0 radical (unpaired) electrons. The van der Waals surface area contributed by atoms with Crippen molar-refractivity contribution in [3.05, 3.63) is 64.6 Å². The highest BCUT2D eigenvalue weighted by molar-refractivity contribution is 7.81. The molecule has 0 unspecified atom stereocenters. The van der Waals surface area contributed by atoms with E-state index >= 15 is 0 Å². The second kappa shape index (κ2) is 5.34. The molecular weight excluding hydrogens is 288 g/mol. The molecule has 2 aromatic heterocycles. The number of thiocarbonyl (C=S) groups is 1. The molecule has 2 N–H and O–H groups in total. The number of benzene rings is 1. The van der Waals surface area contributed by atoms with Gasteiger partial charge in [0.2, 0.25) is 0 Å². The maximum atomic E-state index is 12.0. The van der Waals surface area contributed by atoms with Gasteiger partial charge < -0.3 is 14.8 Å². The third-order valence-corrected chi connectivity index (χ3v) is 3.20. The average molecular weight is 298 g/mol. The van der Waals surface area contributed by atoms with Gasteiger partial charge >= 0.3 is 5.63 Å². The lowest BCUT2D eigenvalue weighted by molar-refractivity contribution is 0.464. The molecule has 3 rings (SSSR count). The molecule has 1 aromatic carbocycles. The van der Waals surface area contributed by atoms with Crippen molar-refractivity contribution in [3.8, 4) is 5.75 Å². The first kappa shape index (κ1) is 13.3. The summed E-state index contributed by atoms with van der Waals surface area (Å²) in [4.78, 5) is 16.1. The molecule has 0 amide bonds. The van der Waals surface area contributed by atoms with Crippen LogP contribution in [0, 0.1) is 0 Å². The predicted molar refractivity (Wildman–Crippen MR) is 83.7 cm³/mol. The Balaban J connectivity index is 2.08. The number of pyridine rings is 1. The summed E-state index contributed by atoms with van der Waals surface area (Å²) in [6.45, 7) is 0. The number of aromatic nitrogens is 1. The van der Waals surface area contributed by atoms with Crippen LogP contribution in [-0.4, -0.2) is 15.1 Å². The lowest BCUT2D eigenvalue weighted by Crippen LogP contribution is -2.20. The molecular formula is C15H10N2O3S. The largest absolute Gasteiger partial charge is 0.505 e. The van der Waals surface area contributed by atoms with Gasteiger partial charge in [0, 0.05) is 11.9 Å². The first-order valence-electron chi connectivity index (χ1n) is 6.14. The van der Waals surface area contributed by atoms with Gasteiger partial charge in [0.05, 0.1) is 0 Å². The highest BCUT2D eigenvalue weighted by Crippen LogP contribution is 2.24. The maximum Gasteiger partial charge on any atom is 0.350 e. The molecule has 104 valence electrons. The minimum Gasteiger partial charge on any atom is -0.505 e. The zero-order valence-electron chi connectivity index (χ0n) is 10.7. The smallest absolute Gasteiger partial charge is 0.350 e. The number of aromatic hydroxyl groups is 1. The van der Waals surface area contributed by atoms with E-state index in [1.165, 1.54) is 6.20 Å². The van der Waals surface area contributed by atoms with Crippen LogP contribution < -0.4 is 10.9 Å². The van der Waals surface area contributed by atoms with Crippen LogP contribution in [0.5, 0.6) is 5.75 Å². The second-order valence-electron chi connectivity index (χ2n) is 4.28. The summed E-state index contributed by atoms with van der Waals surface area (Å²) in [6.07, 6.45) is 1.50. The van der Waals surface area contributed by atoms with Gasteiger partial charge in [0.25, 0.3) is 0 Å². The summed E-state index contributed by atoms with van der Waals surface area (Å²) in [5.41, 5.74) is 0.319. The Kier molecular flexibility index (Phi) is 3.37. The number of hydrogen-bond acceptors (Lipinski definition) is 5. The molecule has 0 fully saturated rings. The van der Waals surface area contributed by atoms with Crippen LogP contribution in [0.2, 0.25) is 0 Å². The minimum absolute atomic E-state index is 0.0833. The third kappa shape index (κ3) is 2.48. The van der Waals surface area contributed by atoms with Crippen molar-refractivity contribution in [1.82, 2.24) is 4.98 Å². The van der Waals surface area contributed by atoms with Gasteiger partial charge in [-0.1, -0.05) is 30.4 Å². The summed E-state index contributed by atoms with van der Waals surface area (Å²) in [7, 11) is 0. The van der Waals surface area contributed by atoms with Crippen LogP contribution in [0.15, 0.2) is 57.9 Å². The standard InChI is InChI=1S/C15H10N2O3S/c18-13-11(14(21)17-9-5-2-1-3-6-9)15(19)20-10-7-4-8-16-12(10)13/h1-8,18H,(H,17,21). The molecule has 2 heterocycles. The SMILES string of the molecule is O=c1oc2cccnc2c(O)c1C(=S)Nc1ccccc1. The molecule has 0 spiro atoms. The Morgan fingerprint density at radius 3 is 2.71 bits per heavy atom. The number of para-hydroxylation sites is 1. The molecule has 0 aliphatic rings.